The number of halogens is 1. The molecule has 1 heterocycles. The first kappa shape index (κ1) is 13.1. The van der Waals surface area contributed by atoms with Crippen LogP contribution in [0.3, 0.4) is 0 Å². The van der Waals surface area contributed by atoms with Crippen molar-refractivity contribution in [2.24, 2.45) is 0 Å². The predicted octanol–water partition coefficient (Wildman–Crippen LogP) is 2.22. The van der Waals surface area contributed by atoms with E-state index in [2.05, 4.69) is 23.4 Å². The second-order valence-electron chi connectivity index (χ2n) is 4.14. The van der Waals surface area contributed by atoms with Crippen LogP contribution >= 0.6 is 0 Å². The van der Waals surface area contributed by atoms with Gasteiger partial charge in [0.15, 0.2) is 0 Å². The monoisotopic (exact) mass is 224 g/mol. The topological polar surface area (TPSA) is 6.48 Å². The fourth-order valence-corrected chi connectivity index (χ4v) is 1.78. The van der Waals surface area contributed by atoms with Crippen molar-refractivity contribution in [3.63, 3.8) is 0 Å². The summed E-state index contributed by atoms with van der Waals surface area (Å²) in [7, 11) is 2.12. The SMILES string of the molecule is C=C/C=C(CN1CCN(C)CC1)\C(F)=C/C. The molecule has 0 unspecified atom stereocenters. The molecule has 0 aromatic carbocycles. The second kappa shape index (κ2) is 6.61. The predicted molar refractivity (Wildman–Crippen MR) is 67.1 cm³/mol. The molecule has 2 nitrogen and oxygen atoms in total. The van der Waals surface area contributed by atoms with E-state index >= 15 is 0 Å². The largest absolute Gasteiger partial charge is 0.304 e. The van der Waals surface area contributed by atoms with Crippen molar-refractivity contribution >= 4 is 0 Å². The van der Waals surface area contributed by atoms with Gasteiger partial charge in [-0.3, -0.25) is 4.90 Å². The summed E-state index contributed by atoms with van der Waals surface area (Å²) in [5, 5.41) is 0. The van der Waals surface area contributed by atoms with Gasteiger partial charge in [0.2, 0.25) is 0 Å². The van der Waals surface area contributed by atoms with E-state index in [1.54, 1.807) is 19.1 Å². The van der Waals surface area contributed by atoms with Crippen molar-refractivity contribution in [3.05, 3.63) is 36.2 Å². The first-order valence-electron chi connectivity index (χ1n) is 5.72. The van der Waals surface area contributed by atoms with Gasteiger partial charge in [0.25, 0.3) is 0 Å². The van der Waals surface area contributed by atoms with E-state index in [1.807, 2.05) is 0 Å². The minimum atomic E-state index is -0.140. The highest BCUT2D eigenvalue weighted by Crippen LogP contribution is 2.14. The molecule has 0 N–H and O–H groups in total. The fraction of sp³-hybridized carbons (Fsp3) is 0.538. The van der Waals surface area contributed by atoms with Crippen LogP contribution in [0.15, 0.2) is 36.2 Å². The van der Waals surface area contributed by atoms with Crippen LogP contribution in [-0.4, -0.2) is 49.6 Å². The molecule has 0 bridgehead atoms. The smallest absolute Gasteiger partial charge is 0.123 e. The lowest BCUT2D eigenvalue weighted by atomic mass is 10.1. The lowest BCUT2D eigenvalue weighted by molar-refractivity contribution is 0.163. The Morgan fingerprint density at radius 2 is 1.94 bits per heavy atom. The van der Waals surface area contributed by atoms with E-state index in [9.17, 15) is 4.39 Å². The van der Waals surface area contributed by atoms with Gasteiger partial charge in [-0.2, -0.15) is 0 Å². The molecule has 0 aromatic heterocycles. The van der Waals surface area contributed by atoms with Crippen LogP contribution in [0.2, 0.25) is 0 Å². The van der Waals surface area contributed by atoms with Crippen LogP contribution in [0.1, 0.15) is 6.92 Å². The van der Waals surface area contributed by atoms with Gasteiger partial charge < -0.3 is 4.90 Å². The third-order valence-corrected chi connectivity index (χ3v) is 2.87. The zero-order chi connectivity index (χ0) is 12.0. The van der Waals surface area contributed by atoms with Crippen molar-refractivity contribution in [2.45, 2.75) is 6.92 Å². The summed E-state index contributed by atoms with van der Waals surface area (Å²) >= 11 is 0. The Morgan fingerprint density at radius 1 is 1.31 bits per heavy atom. The van der Waals surface area contributed by atoms with E-state index < -0.39 is 0 Å². The maximum absolute atomic E-state index is 13.5. The zero-order valence-corrected chi connectivity index (χ0v) is 10.2. The molecule has 16 heavy (non-hydrogen) atoms. The summed E-state index contributed by atoms with van der Waals surface area (Å²) in [4.78, 5) is 4.57. The molecule has 0 amide bonds. The zero-order valence-electron chi connectivity index (χ0n) is 10.2. The van der Waals surface area contributed by atoms with Crippen LogP contribution < -0.4 is 0 Å². The molecule has 3 heteroatoms. The molecule has 0 atom stereocenters. The lowest BCUT2D eigenvalue weighted by Crippen LogP contribution is -2.45. The van der Waals surface area contributed by atoms with E-state index in [4.69, 9.17) is 0 Å². The minimum Gasteiger partial charge on any atom is -0.304 e. The highest BCUT2D eigenvalue weighted by molar-refractivity contribution is 5.29. The number of allylic oxidation sites excluding steroid dienone is 3. The number of nitrogens with zero attached hydrogens (tertiary/aromatic N) is 2. The van der Waals surface area contributed by atoms with Gasteiger partial charge in [-0.05, 0) is 14.0 Å². The summed E-state index contributed by atoms with van der Waals surface area (Å²) in [6.07, 6.45) is 4.91. The third kappa shape index (κ3) is 3.91. The molecule has 0 spiro atoms. The van der Waals surface area contributed by atoms with E-state index in [0.717, 1.165) is 31.8 Å². The highest BCUT2D eigenvalue weighted by atomic mass is 19.1. The van der Waals surface area contributed by atoms with Crippen LogP contribution in [0.5, 0.6) is 0 Å². The van der Waals surface area contributed by atoms with E-state index in [-0.39, 0.29) is 5.83 Å². The Balaban J connectivity index is 2.56. The third-order valence-electron chi connectivity index (χ3n) is 2.87. The molecule has 1 aliphatic rings. The molecule has 0 saturated carbocycles. The Labute approximate surface area is 97.7 Å². The molecular weight excluding hydrogens is 203 g/mol. The van der Waals surface area contributed by atoms with E-state index in [0.29, 0.717) is 6.54 Å². The summed E-state index contributed by atoms with van der Waals surface area (Å²) in [6.45, 7) is 10.1. The molecule has 1 fully saturated rings. The molecule has 1 saturated heterocycles. The van der Waals surface area contributed by atoms with Gasteiger partial charge >= 0.3 is 0 Å². The molecular formula is C13H21FN2. The van der Waals surface area contributed by atoms with Crippen LogP contribution in [0, 0.1) is 0 Å². The first-order chi connectivity index (χ1) is 7.67. The number of hydrogen-bond donors (Lipinski definition) is 0. The maximum Gasteiger partial charge on any atom is 0.123 e. The maximum atomic E-state index is 13.5. The van der Waals surface area contributed by atoms with Gasteiger partial charge in [0, 0.05) is 38.3 Å². The van der Waals surface area contributed by atoms with Gasteiger partial charge in [0.1, 0.15) is 5.83 Å². The van der Waals surface area contributed by atoms with Crippen molar-refractivity contribution in [3.8, 4) is 0 Å². The number of hydrogen-bond acceptors (Lipinski definition) is 2. The van der Waals surface area contributed by atoms with Crippen molar-refractivity contribution in [1.82, 2.24) is 9.80 Å². The molecule has 1 rings (SSSR count). The lowest BCUT2D eigenvalue weighted by Gasteiger charge is -2.32. The summed E-state index contributed by atoms with van der Waals surface area (Å²) in [5.41, 5.74) is 0.724. The van der Waals surface area contributed by atoms with Gasteiger partial charge in [0.05, 0.1) is 0 Å². The fourth-order valence-electron chi connectivity index (χ4n) is 1.78. The molecule has 0 aliphatic carbocycles. The Morgan fingerprint density at radius 3 is 2.44 bits per heavy atom. The summed E-state index contributed by atoms with van der Waals surface area (Å²) in [5.74, 6) is -0.140. The highest BCUT2D eigenvalue weighted by Gasteiger charge is 2.15. The van der Waals surface area contributed by atoms with Crippen molar-refractivity contribution in [1.29, 1.82) is 0 Å². The molecule has 0 radical (unpaired) electrons. The number of likely N-dealkylation sites (N-methyl/N-ethyl adjacent to an activating group) is 1. The molecule has 1 aliphatic heterocycles. The van der Waals surface area contributed by atoms with Crippen LogP contribution in [0.25, 0.3) is 0 Å². The summed E-state index contributed by atoms with van der Waals surface area (Å²) in [6, 6.07) is 0. The van der Waals surface area contributed by atoms with E-state index in [1.165, 1.54) is 6.08 Å². The Bertz CT molecular complexity index is 286. The Kier molecular flexibility index (Phi) is 5.43. The summed E-state index contributed by atoms with van der Waals surface area (Å²) < 4.78 is 13.5. The molecule has 90 valence electrons. The van der Waals surface area contributed by atoms with Gasteiger partial charge in [-0.15, -0.1) is 0 Å². The Hall–Kier alpha value is -0.930. The van der Waals surface area contributed by atoms with Crippen LogP contribution in [-0.2, 0) is 0 Å². The average molecular weight is 224 g/mol. The quantitative estimate of drug-likeness (QED) is 0.676. The standard InChI is InChI=1S/C13H21FN2/c1-4-6-12(13(14)5-2)11-16-9-7-15(3)8-10-16/h4-6H,1,7-11H2,2-3H3/b12-6-,13-5+. The normalized spacial score (nSPS) is 21.2. The number of rotatable bonds is 4. The molecule has 0 aromatic rings. The van der Waals surface area contributed by atoms with Crippen molar-refractivity contribution in [2.75, 3.05) is 39.8 Å². The van der Waals surface area contributed by atoms with Crippen LogP contribution in [0.4, 0.5) is 4.39 Å². The van der Waals surface area contributed by atoms with Gasteiger partial charge in [-0.25, -0.2) is 4.39 Å². The minimum absolute atomic E-state index is 0.140. The first-order valence-corrected chi connectivity index (χ1v) is 5.72. The second-order valence-corrected chi connectivity index (χ2v) is 4.14. The van der Waals surface area contributed by atoms with Crippen molar-refractivity contribution < 1.29 is 4.39 Å². The average Bonchev–Trinajstić information content (AvgIpc) is 2.30. The van der Waals surface area contributed by atoms with Gasteiger partial charge in [-0.1, -0.05) is 24.8 Å². The number of piperazine rings is 1.